The van der Waals surface area contributed by atoms with E-state index in [1.807, 2.05) is 6.92 Å². The molecule has 0 aliphatic carbocycles. The fourth-order valence-corrected chi connectivity index (χ4v) is 3.29. The summed E-state index contributed by atoms with van der Waals surface area (Å²) in [6, 6.07) is 16.9. The van der Waals surface area contributed by atoms with E-state index in [0.717, 1.165) is 29.8 Å². The standard InChI is InChI=1S/C15H13N.C5H11NO.C5H12O.C2H5.CHO.In/c1-2-7-14-11-16-15-8-4-3-6-13(15)10-9-12(14)5-1;1-2-3-4-5(6)7;1-5(2)3-4-6;2*1-2;/h1-10,16H,11H2;2-4H2,1H3,(H2,6,7);5-6H,3-4H2,1-2H3;1H2,2H3;1H;/b10-9-;;;;;. The van der Waals surface area contributed by atoms with Crippen molar-refractivity contribution in [2.45, 2.75) is 64.1 Å². The molecule has 1 aliphatic heterocycles. The van der Waals surface area contributed by atoms with Crippen LogP contribution in [0.3, 0.4) is 0 Å². The first-order chi connectivity index (χ1) is 16.4. The number of nitrogens with one attached hydrogen (secondary N) is 1. The van der Waals surface area contributed by atoms with Crippen LogP contribution in [0.4, 0.5) is 5.69 Å². The van der Waals surface area contributed by atoms with Gasteiger partial charge in [-0.25, -0.2) is 0 Å². The van der Waals surface area contributed by atoms with Gasteiger partial charge in [0, 0.05) is 25.3 Å². The molecule has 34 heavy (non-hydrogen) atoms. The van der Waals surface area contributed by atoms with Gasteiger partial charge in [-0.3, -0.25) is 4.79 Å². The molecular weight excluding hydrogens is 527 g/mol. The SMILES string of the molecule is C1=C\c2ccccc2NCc2ccccc2/1.CC(C)CCO.CCCCC(N)=O.C[CH2][In][CH]=O. The normalized spacial score (nSPS) is 11.6. The van der Waals surface area contributed by atoms with E-state index >= 15 is 0 Å². The zero-order valence-electron chi connectivity index (χ0n) is 21.3. The third kappa shape index (κ3) is 16.5. The first kappa shape index (κ1) is 32.0. The maximum absolute atomic E-state index is 9.98. The van der Waals surface area contributed by atoms with Gasteiger partial charge in [0.05, 0.1) is 0 Å². The maximum atomic E-state index is 9.98. The van der Waals surface area contributed by atoms with E-state index in [1.54, 1.807) is 0 Å². The second-order valence-corrected chi connectivity index (χ2v) is 12.7. The summed E-state index contributed by atoms with van der Waals surface area (Å²) in [6.07, 6.45) is 7.80. The van der Waals surface area contributed by atoms with Crippen LogP contribution in [0.1, 0.15) is 70.1 Å². The summed E-state index contributed by atoms with van der Waals surface area (Å²) in [5.74, 6) is 0.455. The van der Waals surface area contributed by atoms with Crippen molar-refractivity contribution < 1.29 is 14.7 Å². The molecule has 3 rings (SSSR count). The van der Waals surface area contributed by atoms with Gasteiger partial charge >= 0.3 is 42.8 Å². The number of rotatable bonds is 7. The fourth-order valence-electron chi connectivity index (χ4n) is 2.74. The molecule has 2 aromatic rings. The average molecular weight is 569 g/mol. The summed E-state index contributed by atoms with van der Waals surface area (Å²) in [5, 5.41) is 11.7. The number of benzene rings is 2. The topological polar surface area (TPSA) is 92.4 Å². The molecule has 1 aliphatic rings. The Hall–Kier alpha value is -2.05. The number of amides is 1. The zero-order chi connectivity index (χ0) is 25.6. The Morgan fingerprint density at radius 1 is 1.09 bits per heavy atom. The molecule has 4 N–H and O–H groups in total. The van der Waals surface area contributed by atoms with Crippen LogP contribution in [-0.4, -0.2) is 44.6 Å². The van der Waals surface area contributed by atoms with Crippen molar-refractivity contribution >= 4 is 50.7 Å². The van der Waals surface area contributed by atoms with Crippen molar-refractivity contribution in [2.24, 2.45) is 11.7 Å². The molecule has 0 atom stereocenters. The Morgan fingerprint density at radius 2 is 1.71 bits per heavy atom. The van der Waals surface area contributed by atoms with Crippen LogP contribution in [0, 0.1) is 5.92 Å². The number of aliphatic hydroxyl groups is 1. The summed E-state index contributed by atoms with van der Waals surface area (Å²) in [7, 11) is 0. The second kappa shape index (κ2) is 21.5. The Balaban J connectivity index is 0.000000508. The predicted molar refractivity (Wildman–Crippen MR) is 147 cm³/mol. The van der Waals surface area contributed by atoms with Crippen molar-refractivity contribution in [3.8, 4) is 0 Å². The van der Waals surface area contributed by atoms with Crippen LogP contribution in [0.15, 0.2) is 48.5 Å². The van der Waals surface area contributed by atoms with E-state index in [0.29, 0.717) is 18.9 Å². The summed E-state index contributed by atoms with van der Waals surface area (Å²) >= 11 is -0.601. The fraction of sp³-hybridized carbons (Fsp3) is 0.429. The van der Waals surface area contributed by atoms with Gasteiger partial charge in [-0.2, -0.15) is 0 Å². The molecule has 0 unspecified atom stereocenters. The molecule has 1 heterocycles. The number of fused-ring (bicyclic) bond motifs is 2. The van der Waals surface area contributed by atoms with Crippen molar-refractivity contribution in [1.82, 2.24) is 0 Å². The number of carbonyl (C=O) groups excluding carboxylic acids is 2. The van der Waals surface area contributed by atoms with Gasteiger partial charge in [0.2, 0.25) is 5.91 Å². The molecule has 5 nitrogen and oxygen atoms in total. The van der Waals surface area contributed by atoms with Gasteiger partial charge in [-0.1, -0.05) is 81.8 Å². The van der Waals surface area contributed by atoms with E-state index in [9.17, 15) is 9.59 Å². The van der Waals surface area contributed by atoms with E-state index < -0.39 is 22.9 Å². The van der Waals surface area contributed by atoms with Gasteiger partial charge in [0.1, 0.15) is 0 Å². The van der Waals surface area contributed by atoms with Crippen molar-refractivity contribution in [2.75, 3.05) is 11.9 Å². The Bertz CT molecular complexity index is 788. The van der Waals surface area contributed by atoms with Gasteiger partial charge < -0.3 is 16.2 Å². The number of carbonyl (C=O) groups is 2. The minimum absolute atomic E-state index is 0.193. The third-order valence-electron chi connectivity index (χ3n) is 4.74. The first-order valence-corrected chi connectivity index (χ1v) is 16.4. The van der Waals surface area contributed by atoms with Crippen LogP contribution >= 0.6 is 0 Å². The van der Waals surface area contributed by atoms with Crippen molar-refractivity contribution in [3.63, 3.8) is 0 Å². The molecule has 6 heteroatoms. The molecular formula is C28H42InN2O3. The summed E-state index contributed by atoms with van der Waals surface area (Å²) in [5.41, 5.74) is 9.93. The molecule has 0 aromatic heterocycles. The summed E-state index contributed by atoms with van der Waals surface area (Å²) in [4.78, 5) is 19.5. The van der Waals surface area contributed by atoms with Crippen LogP contribution in [0.2, 0.25) is 4.18 Å². The molecule has 0 bridgehead atoms. The van der Waals surface area contributed by atoms with E-state index in [-0.39, 0.29) is 5.91 Å². The van der Waals surface area contributed by atoms with Gasteiger partial charge in [-0.15, -0.1) is 0 Å². The van der Waals surface area contributed by atoms with Crippen molar-refractivity contribution in [1.29, 1.82) is 0 Å². The number of hydrogen-bond donors (Lipinski definition) is 3. The molecule has 185 valence electrons. The summed E-state index contributed by atoms with van der Waals surface area (Å²) in [6.45, 7) is 9.50. The number of hydrogen-bond acceptors (Lipinski definition) is 4. The van der Waals surface area contributed by atoms with Crippen LogP contribution < -0.4 is 11.1 Å². The van der Waals surface area contributed by atoms with Crippen molar-refractivity contribution in [3.05, 3.63) is 65.2 Å². The quantitative estimate of drug-likeness (QED) is 0.369. The first-order valence-electron chi connectivity index (χ1n) is 12.1. The van der Waals surface area contributed by atoms with Crippen LogP contribution in [-0.2, 0) is 16.1 Å². The van der Waals surface area contributed by atoms with Gasteiger partial charge in [-0.05, 0) is 41.5 Å². The van der Waals surface area contributed by atoms with Crippen LogP contribution in [0.5, 0.6) is 0 Å². The Labute approximate surface area is 217 Å². The third-order valence-corrected chi connectivity index (χ3v) is 6.64. The second-order valence-electron chi connectivity index (χ2n) is 8.23. The number of anilines is 1. The number of nitrogens with two attached hydrogens (primary N) is 1. The molecule has 0 saturated carbocycles. The molecule has 0 spiro atoms. The molecule has 1 amide bonds. The Morgan fingerprint density at radius 3 is 2.18 bits per heavy atom. The zero-order valence-corrected chi connectivity index (χ0v) is 24.6. The number of primary amides is 1. The molecule has 0 saturated heterocycles. The monoisotopic (exact) mass is 569 g/mol. The van der Waals surface area contributed by atoms with Gasteiger partial charge in [0.15, 0.2) is 0 Å². The number of unbranched alkanes of at least 4 members (excludes halogenated alkanes) is 1. The van der Waals surface area contributed by atoms with E-state index in [1.165, 1.54) is 26.6 Å². The van der Waals surface area contributed by atoms with E-state index in [4.69, 9.17) is 10.8 Å². The molecule has 0 fully saturated rings. The average Bonchev–Trinajstić information content (AvgIpc) is 2.81. The molecule has 1 radical (unpaired) electrons. The Kier molecular flexibility index (Phi) is 20.2. The van der Waals surface area contributed by atoms with Gasteiger partial charge in [0.25, 0.3) is 0 Å². The number of para-hydroxylation sites is 1. The van der Waals surface area contributed by atoms with Crippen LogP contribution in [0.25, 0.3) is 12.2 Å². The molecule has 2 aromatic carbocycles. The predicted octanol–water partition coefficient (Wildman–Crippen LogP) is 5.79. The summed E-state index contributed by atoms with van der Waals surface area (Å²) < 4.78 is 2.29. The minimum atomic E-state index is -0.601. The number of aliphatic hydroxyl groups excluding tert-OH is 1. The van der Waals surface area contributed by atoms with E-state index in [2.05, 4.69) is 86.8 Å².